The normalized spacial score (nSPS) is 10.7. The highest BCUT2D eigenvalue weighted by atomic mass is 79.9. The van der Waals surface area contributed by atoms with E-state index in [-0.39, 0.29) is 24.0 Å². The van der Waals surface area contributed by atoms with Crippen molar-refractivity contribution in [2.24, 2.45) is 5.10 Å². The van der Waals surface area contributed by atoms with Gasteiger partial charge in [0.2, 0.25) is 5.91 Å². The summed E-state index contributed by atoms with van der Waals surface area (Å²) in [5.74, 6) is 0.222. The predicted molar refractivity (Wildman–Crippen MR) is 122 cm³/mol. The summed E-state index contributed by atoms with van der Waals surface area (Å²) in [5.41, 5.74) is 3.62. The first-order chi connectivity index (χ1) is 15.0. The maximum absolute atomic E-state index is 12.0. The number of benzene rings is 2. The summed E-state index contributed by atoms with van der Waals surface area (Å²) in [5, 5.41) is 15.8. The van der Waals surface area contributed by atoms with Gasteiger partial charge in [0.15, 0.2) is 0 Å². The van der Waals surface area contributed by atoms with E-state index in [4.69, 9.17) is 4.74 Å². The molecule has 0 aliphatic carbocycles. The van der Waals surface area contributed by atoms with Crippen LogP contribution in [0.3, 0.4) is 0 Å². The third kappa shape index (κ3) is 7.19. The lowest BCUT2D eigenvalue weighted by atomic mass is 10.2. The van der Waals surface area contributed by atoms with Crippen molar-refractivity contribution in [3.8, 4) is 5.75 Å². The smallest absolute Gasteiger partial charge is 0.270 e. The maximum Gasteiger partial charge on any atom is 0.270 e. The molecule has 31 heavy (non-hydrogen) atoms. The molecule has 0 bridgehead atoms. The fraction of sp³-hybridized carbons (Fsp3) is 0.0952. The SMILES string of the molecule is O=C(CSc1ccccn1)NN=Cc1cc([N+](=O)[O-])ccc1OCc1ccc(Br)cc1. The molecule has 8 nitrogen and oxygen atoms in total. The van der Waals surface area contributed by atoms with Gasteiger partial charge in [-0.3, -0.25) is 14.9 Å². The predicted octanol–water partition coefficient (Wildman–Crippen LogP) is 4.57. The number of hydrogen-bond donors (Lipinski definition) is 1. The van der Waals surface area contributed by atoms with Crippen LogP contribution in [-0.4, -0.2) is 27.8 Å². The zero-order chi connectivity index (χ0) is 22.1. The fourth-order valence-electron chi connectivity index (χ4n) is 2.40. The summed E-state index contributed by atoms with van der Waals surface area (Å²) in [6.07, 6.45) is 2.98. The Balaban J connectivity index is 1.64. The van der Waals surface area contributed by atoms with Crippen LogP contribution in [0.25, 0.3) is 0 Å². The van der Waals surface area contributed by atoms with E-state index in [2.05, 4.69) is 31.4 Å². The molecular weight excluding hydrogens is 484 g/mol. The van der Waals surface area contributed by atoms with E-state index in [0.717, 1.165) is 15.1 Å². The van der Waals surface area contributed by atoms with Gasteiger partial charge in [-0.2, -0.15) is 5.10 Å². The number of rotatable bonds is 9. The number of carbonyl (C=O) groups is 1. The minimum absolute atomic E-state index is 0.102. The molecule has 158 valence electrons. The molecule has 0 fully saturated rings. The van der Waals surface area contributed by atoms with Crippen LogP contribution in [0.4, 0.5) is 5.69 Å². The number of thioether (sulfide) groups is 1. The Labute approximate surface area is 191 Å². The highest BCUT2D eigenvalue weighted by Crippen LogP contribution is 2.24. The second-order valence-corrected chi connectivity index (χ2v) is 8.06. The summed E-state index contributed by atoms with van der Waals surface area (Å²) >= 11 is 4.65. The van der Waals surface area contributed by atoms with Crippen LogP contribution in [0.2, 0.25) is 0 Å². The van der Waals surface area contributed by atoms with E-state index < -0.39 is 4.92 Å². The van der Waals surface area contributed by atoms with Crippen molar-refractivity contribution in [1.29, 1.82) is 0 Å². The molecule has 2 aromatic carbocycles. The molecule has 10 heteroatoms. The van der Waals surface area contributed by atoms with Gasteiger partial charge in [-0.1, -0.05) is 45.9 Å². The van der Waals surface area contributed by atoms with Crippen LogP contribution in [0.1, 0.15) is 11.1 Å². The molecule has 1 amide bonds. The molecule has 0 saturated carbocycles. The Morgan fingerprint density at radius 2 is 2.03 bits per heavy atom. The number of nitrogens with zero attached hydrogens (tertiary/aromatic N) is 3. The van der Waals surface area contributed by atoms with Crippen molar-refractivity contribution in [1.82, 2.24) is 10.4 Å². The number of pyridine rings is 1. The average molecular weight is 501 g/mol. The van der Waals surface area contributed by atoms with E-state index in [0.29, 0.717) is 11.3 Å². The number of hydrazone groups is 1. The minimum Gasteiger partial charge on any atom is -0.488 e. The van der Waals surface area contributed by atoms with Gasteiger partial charge in [0, 0.05) is 28.4 Å². The molecule has 0 aliphatic heterocycles. The number of carbonyl (C=O) groups excluding carboxylic acids is 1. The van der Waals surface area contributed by atoms with Crippen molar-refractivity contribution >= 4 is 45.5 Å². The number of aromatic nitrogens is 1. The van der Waals surface area contributed by atoms with Crippen LogP contribution in [0.5, 0.6) is 5.75 Å². The van der Waals surface area contributed by atoms with Gasteiger partial charge in [-0.25, -0.2) is 10.4 Å². The van der Waals surface area contributed by atoms with E-state index in [1.807, 2.05) is 30.3 Å². The Hall–Kier alpha value is -3.24. The summed E-state index contributed by atoms with van der Waals surface area (Å²) in [7, 11) is 0. The number of nitro groups is 1. The van der Waals surface area contributed by atoms with Crippen molar-refractivity contribution in [2.45, 2.75) is 11.6 Å². The lowest BCUT2D eigenvalue weighted by Gasteiger charge is -2.09. The number of hydrogen-bond acceptors (Lipinski definition) is 7. The first-order valence-electron chi connectivity index (χ1n) is 9.02. The van der Waals surface area contributed by atoms with Crippen LogP contribution in [0.15, 0.2) is 81.5 Å². The molecule has 0 unspecified atom stereocenters. The third-order valence-corrected chi connectivity index (χ3v) is 5.37. The quantitative estimate of drug-likeness (QED) is 0.199. The van der Waals surface area contributed by atoms with Gasteiger partial charge in [0.25, 0.3) is 5.69 Å². The molecular formula is C21H17BrN4O4S. The fourth-order valence-corrected chi connectivity index (χ4v) is 3.32. The van der Waals surface area contributed by atoms with Gasteiger partial charge < -0.3 is 4.74 Å². The Bertz CT molecular complexity index is 1080. The number of amides is 1. The molecule has 1 N–H and O–H groups in total. The first kappa shape index (κ1) is 22.4. The van der Waals surface area contributed by atoms with Gasteiger partial charge >= 0.3 is 0 Å². The Morgan fingerprint density at radius 1 is 1.23 bits per heavy atom. The van der Waals surface area contributed by atoms with E-state index in [1.54, 1.807) is 18.3 Å². The summed E-state index contributed by atoms with van der Waals surface area (Å²) in [6.45, 7) is 0.277. The second-order valence-electron chi connectivity index (χ2n) is 6.14. The van der Waals surface area contributed by atoms with Crippen LogP contribution < -0.4 is 10.2 Å². The molecule has 0 saturated heterocycles. The van der Waals surface area contributed by atoms with Gasteiger partial charge in [-0.15, -0.1) is 0 Å². The molecule has 0 radical (unpaired) electrons. The molecule has 3 aromatic rings. The van der Waals surface area contributed by atoms with Gasteiger partial charge in [0.05, 0.1) is 21.9 Å². The second kappa shape index (κ2) is 11.2. The highest BCUT2D eigenvalue weighted by Gasteiger charge is 2.11. The lowest BCUT2D eigenvalue weighted by molar-refractivity contribution is -0.384. The number of non-ortho nitro benzene ring substituents is 1. The largest absolute Gasteiger partial charge is 0.488 e. The minimum atomic E-state index is -0.502. The summed E-state index contributed by atoms with van der Waals surface area (Å²) in [4.78, 5) is 26.7. The zero-order valence-electron chi connectivity index (χ0n) is 16.1. The Kier molecular flexibility index (Phi) is 8.13. The molecule has 3 rings (SSSR count). The standard InChI is InChI=1S/C21H17BrN4O4S/c22-17-6-4-15(5-7-17)13-30-19-9-8-18(26(28)29)11-16(19)12-24-25-20(27)14-31-21-3-1-2-10-23-21/h1-12H,13-14H2,(H,25,27). The van der Waals surface area contributed by atoms with E-state index in [1.165, 1.54) is 36.2 Å². The number of nitrogens with one attached hydrogen (secondary N) is 1. The van der Waals surface area contributed by atoms with Gasteiger partial charge in [-0.05, 0) is 35.9 Å². The van der Waals surface area contributed by atoms with Crippen LogP contribution in [-0.2, 0) is 11.4 Å². The van der Waals surface area contributed by atoms with Crippen molar-refractivity contribution in [3.63, 3.8) is 0 Å². The molecule has 0 aliphatic rings. The van der Waals surface area contributed by atoms with E-state index in [9.17, 15) is 14.9 Å². The summed E-state index contributed by atoms with van der Waals surface area (Å²) < 4.78 is 6.76. The monoisotopic (exact) mass is 500 g/mol. The first-order valence-corrected chi connectivity index (χ1v) is 10.8. The number of halogens is 1. The molecule has 0 atom stereocenters. The zero-order valence-corrected chi connectivity index (χ0v) is 18.5. The van der Waals surface area contributed by atoms with Crippen molar-refractivity contribution in [2.75, 3.05) is 5.75 Å². The molecule has 1 aromatic heterocycles. The number of nitro benzene ring substituents is 1. The van der Waals surface area contributed by atoms with E-state index >= 15 is 0 Å². The van der Waals surface area contributed by atoms with Crippen molar-refractivity contribution < 1.29 is 14.5 Å². The Morgan fingerprint density at radius 3 is 2.74 bits per heavy atom. The topological polar surface area (TPSA) is 107 Å². The molecule has 0 spiro atoms. The van der Waals surface area contributed by atoms with Crippen LogP contribution in [0, 0.1) is 10.1 Å². The maximum atomic E-state index is 12.0. The van der Waals surface area contributed by atoms with Crippen molar-refractivity contribution in [3.05, 3.63) is 92.6 Å². The summed E-state index contributed by atoms with van der Waals surface area (Å²) in [6, 6.07) is 17.3. The van der Waals surface area contributed by atoms with Crippen LogP contribution >= 0.6 is 27.7 Å². The highest BCUT2D eigenvalue weighted by molar-refractivity contribution is 9.10. The lowest BCUT2D eigenvalue weighted by Crippen LogP contribution is -2.19. The molecule has 1 heterocycles. The van der Waals surface area contributed by atoms with Gasteiger partial charge in [0.1, 0.15) is 12.4 Å². The third-order valence-electron chi connectivity index (χ3n) is 3.89. The average Bonchev–Trinajstić information content (AvgIpc) is 2.78. The number of ether oxygens (including phenoxy) is 1.